The van der Waals surface area contributed by atoms with Crippen LogP contribution < -0.4 is 19.3 Å². The third kappa shape index (κ3) is 10.9. The minimum atomic E-state index is -4.60. The second-order valence-electron chi connectivity index (χ2n) is 18.8. The summed E-state index contributed by atoms with van der Waals surface area (Å²) in [6.07, 6.45) is 6.55. The van der Waals surface area contributed by atoms with E-state index in [1.165, 1.54) is 35.5 Å². The highest BCUT2D eigenvalue weighted by Gasteiger charge is 2.41. The van der Waals surface area contributed by atoms with Crippen molar-refractivity contribution in [3.8, 4) is 11.5 Å². The Morgan fingerprint density at radius 2 is 1.76 bits per heavy atom. The lowest BCUT2D eigenvalue weighted by atomic mass is 9.71. The van der Waals surface area contributed by atoms with Gasteiger partial charge in [0.25, 0.3) is 21.6 Å². The van der Waals surface area contributed by atoms with E-state index in [2.05, 4.69) is 24.5 Å². The predicted octanol–water partition coefficient (Wildman–Crippen LogP) is 8.76. The van der Waals surface area contributed by atoms with Crippen LogP contribution in [0, 0.1) is 15.5 Å². The van der Waals surface area contributed by atoms with Crippen molar-refractivity contribution in [3.05, 3.63) is 117 Å². The summed E-state index contributed by atoms with van der Waals surface area (Å²) in [6, 6.07) is 20.0. The average Bonchev–Trinajstić information content (AvgIpc) is 3.77. The number of H-pyrrole nitrogens is 1. The number of amides is 1. The summed E-state index contributed by atoms with van der Waals surface area (Å²) in [4.78, 5) is 52.6. The van der Waals surface area contributed by atoms with Crippen molar-refractivity contribution in [3.63, 3.8) is 0 Å². The molecule has 18 heteroatoms. The van der Waals surface area contributed by atoms with Crippen molar-refractivity contribution >= 4 is 67.2 Å². The number of hydrogen-bond donors (Lipinski definition) is 2. The summed E-state index contributed by atoms with van der Waals surface area (Å²) in [6.45, 7) is 12.0. The Hall–Kier alpha value is -6.01. The molecule has 1 atom stereocenters. The van der Waals surface area contributed by atoms with Gasteiger partial charge >= 0.3 is 5.97 Å². The molecule has 8 rings (SSSR count). The fraction of sp³-hybridized carbons (Fsp3) is 0.408. The van der Waals surface area contributed by atoms with Gasteiger partial charge in [0.05, 0.1) is 27.0 Å². The van der Waals surface area contributed by atoms with Gasteiger partial charge in [-0.05, 0) is 119 Å². The van der Waals surface area contributed by atoms with Gasteiger partial charge in [-0.1, -0.05) is 29.3 Å². The number of nitro benzene ring substituents is 1. The Bertz CT molecular complexity index is 2810. The van der Waals surface area contributed by atoms with Crippen molar-refractivity contribution in [1.29, 1.82) is 0 Å². The van der Waals surface area contributed by atoms with Gasteiger partial charge in [0, 0.05) is 93.5 Å². The van der Waals surface area contributed by atoms with Crippen LogP contribution in [-0.4, -0.2) is 105 Å². The quantitative estimate of drug-likeness (QED) is 0.0648. The number of nitrogens with one attached hydrogen (secondary N) is 2. The number of allylic oxidation sites excluding steroid dienone is 1. The molecule has 2 saturated heterocycles. The SMILES string of the molecule is CN(c1ccc(S(=O)(=O)NC(=O)c2ccc(N3CCN(CC4=C(c5ccc(Cl)cc5)CCC(C)(C(=O)OC(C)(C)C)C4)CC3)cc2Oc2cnc3[nH]ccc3c2)cc1[N+](=O)[O-])C1CCOCC1. The molecule has 0 bridgehead atoms. The number of sulfonamides is 1. The molecule has 0 saturated carbocycles. The van der Waals surface area contributed by atoms with Crippen LogP contribution in [0.5, 0.6) is 11.5 Å². The number of carbonyl (C=O) groups excluding carboxylic acids is 2. The number of carbonyl (C=O) groups is 2. The van der Waals surface area contributed by atoms with Gasteiger partial charge in [-0.3, -0.25) is 24.6 Å². The van der Waals surface area contributed by atoms with Crippen LogP contribution in [0.1, 0.15) is 75.7 Å². The van der Waals surface area contributed by atoms with Crippen molar-refractivity contribution in [1.82, 2.24) is 19.6 Å². The number of rotatable bonds is 13. The van der Waals surface area contributed by atoms with Gasteiger partial charge in [-0.25, -0.2) is 18.1 Å². The molecule has 2 N–H and O–H groups in total. The summed E-state index contributed by atoms with van der Waals surface area (Å²) in [5.74, 6) is -0.767. The van der Waals surface area contributed by atoms with Gasteiger partial charge in [-0.15, -0.1) is 0 Å². The van der Waals surface area contributed by atoms with Crippen molar-refractivity contribution in [2.45, 2.75) is 76.3 Å². The number of aromatic amines is 1. The fourth-order valence-electron chi connectivity index (χ4n) is 9.11. The number of nitrogens with zero attached hydrogens (tertiary/aromatic N) is 5. The number of esters is 1. The predicted molar refractivity (Wildman–Crippen MR) is 257 cm³/mol. The highest BCUT2D eigenvalue weighted by molar-refractivity contribution is 7.90. The monoisotopic (exact) mass is 953 g/mol. The van der Waals surface area contributed by atoms with Crippen LogP contribution in [0.25, 0.3) is 16.6 Å². The van der Waals surface area contributed by atoms with Crippen molar-refractivity contribution in [2.24, 2.45) is 5.41 Å². The molecule has 2 aliphatic heterocycles. The van der Waals surface area contributed by atoms with E-state index in [-0.39, 0.29) is 29.0 Å². The molecule has 1 aliphatic carbocycles. The number of benzene rings is 3. The van der Waals surface area contributed by atoms with Gasteiger partial charge in [-0.2, -0.15) is 0 Å². The van der Waals surface area contributed by atoms with Crippen LogP contribution in [0.3, 0.4) is 0 Å². The van der Waals surface area contributed by atoms with Crippen molar-refractivity contribution in [2.75, 3.05) is 62.8 Å². The zero-order valence-corrected chi connectivity index (χ0v) is 39.9. The first-order valence-electron chi connectivity index (χ1n) is 22.4. The molecule has 1 unspecified atom stereocenters. The molecule has 0 spiro atoms. The maximum atomic E-state index is 14.0. The van der Waals surface area contributed by atoms with Gasteiger partial charge < -0.3 is 29.0 Å². The lowest BCUT2D eigenvalue weighted by Crippen LogP contribution is -2.47. The Balaban J connectivity index is 1.02. The molecule has 5 aromatic rings. The minimum absolute atomic E-state index is 0.0229. The minimum Gasteiger partial charge on any atom is -0.460 e. The first-order chi connectivity index (χ1) is 31.9. The zero-order valence-electron chi connectivity index (χ0n) is 38.3. The number of anilines is 2. The van der Waals surface area contributed by atoms with E-state index in [0.29, 0.717) is 88.0 Å². The van der Waals surface area contributed by atoms with E-state index < -0.39 is 42.5 Å². The number of fused-ring (bicyclic) bond motifs is 1. The molecule has 16 nitrogen and oxygen atoms in total. The third-order valence-electron chi connectivity index (χ3n) is 12.8. The first kappa shape index (κ1) is 47.5. The Morgan fingerprint density at radius 3 is 2.46 bits per heavy atom. The van der Waals surface area contributed by atoms with Gasteiger partial charge in [0.2, 0.25) is 0 Å². The molecular weight excluding hydrogens is 898 g/mol. The smallest absolute Gasteiger partial charge is 0.312 e. The normalized spacial score (nSPS) is 18.7. The topological polar surface area (TPSA) is 190 Å². The maximum Gasteiger partial charge on any atom is 0.312 e. The Kier molecular flexibility index (Phi) is 13.7. The number of nitro groups is 1. The van der Waals surface area contributed by atoms with Crippen LogP contribution in [-0.2, 0) is 24.3 Å². The van der Waals surface area contributed by atoms with Crippen molar-refractivity contribution < 1.29 is 37.1 Å². The lowest BCUT2D eigenvalue weighted by molar-refractivity contribution is -0.384. The summed E-state index contributed by atoms with van der Waals surface area (Å²) < 4.78 is 47.4. The number of ether oxygens (including phenoxy) is 3. The van der Waals surface area contributed by atoms with Crippen LogP contribution >= 0.6 is 11.6 Å². The zero-order chi connectivity index (χ0) is 47.7. The van der Waals surface area contributed by atoms with Crippen LogP contribution in [0.4, 0.5) is 17.1 Å². The van der Waals surface area contributed by atoms with Gasteiger partial charge in [0.15, 0.2) is 0 Å². The molecule has 0 radical (unpaired) electrons. The number of pyridine rings is 1. The highest BCUT2D eigenvalue weighted by Crippen LogP contribution is 2.45. The fourth-order valence-corrected chi connectivity index (χ4v) is 10.2. The summed E-state index contributed by atoms with van der Waals surface area (Å²) in [5.41, 5.74) is 3.41. The standard InChI is InChI=1S/C49H56ClN7O9S/c1-48(2,3)66-47(59)49(4)18-14-40(32-6-8-35(50)9-7-32)34(29-49)31-55-20-22-56(23-21-55)37-10-12-41(44(27-37)65-38-26-33-15-19-51-45(33)52-30-38)46(58)53-67(62,63)39-11-13-42(43(28-39)57(60)61)54(5)36-16-24-64-25-17-36/h6-13,15,19,26-28,30,36H,14,16-18,20-25,29,31H2,1-5H3,(H,51,52)(H,53,58). The summed E-state index contributed by atoms with van der Waals surface area (Å²) >= 11 is 6.27. The Morgan fingerprint density at radius 1 is 1.03 bits per heavy atom. The number of piperazine rings is 1. The number of aromatic nitrogens is 2. The molecular formula is C49H56ClN7O9S. The highest BCUT2D eigenvalue weighted by atomic mass is 35.5. The largest absolute Gasteiger partial charge is 0.460 e. The first-order valence-corrected chi connectivity index (χ1v) is 24.3. The molecule has 4 heterocycles. The number of hydrogen-bond acceptors (Lipinski definition) is 13. The second kappa shape index (κ2) is 19.3. The molecule has 354 valence electrons. The third-order valence-corrected chi connectivity index (χ3v) is 14.4. The van der Waals surface area contributed by atoms with E-state index in [0.717, 1.165) is 29.1 Å². The van der Waals surface area contributed by atoms with E-state index in [1.54, 1.807) is 36.3 Å². The second-order valence-corrected chi connectivity index (χ2v) is 20.9. The molecule has 1 amide bonds. The lowest BCUT2D eigenvalue weighted by Gasteiger charge is -2.40. The van der Waals surface area contributed by atoms with E-state index in [9.17, 15) is 28.1 Å². The van der Waals surface area contributed by atoms with E-state index >= 15 is 0 Å². The van der Waals surface area contributed by atoms with E-state index in [1.807, 2.05) is 58.0 Å². The Labute approximate surface area is 395 Å². The number of halogens is 1. The molecule has 2 aromatic heterocycles. The summed E-state index contributed by atoms with van der Waals surface area (Å²) in [7, 11) is -2.86. The maximum absolute atomic E-state index is 14.0. The molecule has 3 aliphatic rings. The average molecular weight is 955 g/mol. The van der Waals surface area contributed by atoms with Crippen LogP contribution in [0.2, 0.25) is 5.02 Å². The van der Waals surface area contributed by atoms with E-state index in [4.69, 9.17) is 25.8 Å². The van der Waals surface area contributed by atoms with Crippen LogP contribution in [0.15, 0.2) is 95.7 Å². The van der Waals surface area contributed by atoms with Gasteiger partial charge in [0.1, 0.15) is 28.4 Å². The molecule has 3 aromatic carbocycles. The molecule has 2 fully saturated rings. The summed E-state index contributed by atoms with van der Waals surface area (Å²) in [5, 5.41) is 13.7. The molecule has 67 heavy (non-hydrogen) atoms.